The fourth-order valence-electron chi connectivity index (χ4n) is 3.29. The second-order valence-corrected chi connectivity index (χ2v) is 7.11. The van der Waals surface area contributed by atoms with E-state index in [1.807, 2.05) is 28.9 Å². The second-order valence-electron chi connectivity index (χ2n) is 6.67. The van der Waals surface area contributed by atoms with Crippen LogP contribution in [0.2, 0.25) is 5.02 Å². The summed E-state index contributed by atoms with van der Waals surface area (Å²) in [5.41, 5.74) is 1.02. The molecule has 0 amide bonds. The number of benzene rings is 1. The van der Waals surface area contributed by atoms with Gasteiger partial charge in [-0.3, -0.25) is 4.99 Å². The Bertz CT molecular complexity index is 809. The van der Waals surface area contributed by atoms with E-state index < -0.39 is 0 Å². The van der Waals surface area contributed by atoms with Crippen molar-refractivity contribution >= 4 is 17.6 Å². The van der Waals surface area contributed by atoms with Crippen molar-refractivity contribution in [3.8, 4) is 0 Å². The van der Waals surface area contributed by atoms with E-state index in [0.29, 0.717) is 18.2 Å². The number of aromatic nitrogens is 3. The molecule has 0 bridgehead atoms. The number of rotatable bonds is 7. The van der Waals surface area contributed by atoms with Gasteiger partial charge in [-0.1, -0.05) is 23.7 Å². The average molecular weight is 407 g/mol. The number of aryl methyl sites for hydroxylation is 1. The summed E-state index contributed by atoms with van der Waals surface area (Å²) in [5, 5.41) is 12.0. The average Bonchev–Trinajstić information content (AvgIpc) is 3.09. The largest absolute Gasteiger partial charge is 0.377 e. The Morgan fingerprint density at radius 1 is 1.43 bits per heavy atom. The lowest BCUT2D eigenvalue weighted by atomic mass is 10.1. The lowest BCUT2D eigenvalue weighted by Gasteiger charge is -2.26. The molecular weight excluding hydrogens is 380 g/mol. The van der Waals surface area contributed by atoms with Crippen LogP contribution in [-0.4, -0.2) is 54.6 Å². The van der Waals surface area contributed by atoms with Gasteiger partial charge in [0.25, 0.3) is 0 Å². The van der Waals surface area contributed by atoms with E-state index in [4.69, 9.17) is 21.1 Å². The molecule has 2 atom stereocenters. The Morgan fingerprint density at radius 2 is 2.29 bits per heavy atom. The number of methoxy groups -OCH3 is 2. The van der Waals surface area contributed by atoms with Crippen LogP contribution in [0.15, 0.2) is 29.3 Å². The number of halogens is 1. The molecule has 28 heavy (non-hydrogen) atoms. The topological polar surface area (TPSA) is 85.6 Å². The molecule has 1 aromatic heterocycles. The third-order valence-corrected chi connectivity index (χ3v) is 4.93. The summed E-state index contributed by atoms with van der Waals surface area (Å²) in [6.07, 6.45) is 1.71. The van der Waals surface area contributed by atoms with E-state index in [-0.39, 0.29) is 12.1 Å². The van der Waals surface area contributed by atoms with Crippen molar-refractivity contribution in [1.82, 2.24) is 25.4 Å². The highest BCUT2D eigenvalue weighted by molar-refractivity contribution is 6.30. The van der Waals surface area contributed by atoms with E-state index in [9.17, 15) is 0 Å². The summed E-state index contributed by atoms with van der Waals surface area (Å²) < 4.78 is 12.7. The van der Waals surface area contributed by atoms with Crippen LogP contribution in [0.3, 0.4) is 0 Å². The number of nitrogens with one attached hydrogen (secondary N) is 2. The number of aliphatic imine (C=N–C) groups is 1. The van der Waals surface area contributed by atoms with Crippen LogP contribution in [0.4, 0.5) is 0 Å². The number of hydrogen-bond donors (Lipinski definition) is 2. The van der Waals surface area contributed by atoms with Crippen molar-refractivity contribution < 1.29 is 9.47 Å². The monoisotopic (exact) mass is 406 g/mol. The number of hydrogen-bond acceptors (Lipinski definition) is 5. The molecule has 1 aliphatic heterocycles. The number of fused-ring (bicyclic) bond motifs is 1. The zero-order valence-electron chi connectivity index (χ0n) is 16.5. The Kier molecular flexibility index (Phi) is 7.24. The fraction of sp³-hybridized carbons (Fsp3) is 0.526. The van der Waals surface area contributed by atoms with Gasteiger partial charge in [0.1, 0.15) is 12.4 Å². The van der Waals surface area contributed by atoms with Gasteiger partial charge in [0.05, 0.1) is 12.6 Å². The van der Waals surface area contributed by atoms with Gasteiger partial charge in [-0.25, -0.2) is 9.67 Å². The standard InChI is InChI=1S/C19H27ClN6O2/c1-21-19(22-10-16(28-3)13-5-4-6-14(20)9-13)23-15-7-8-18-24-17(12-27-2)25-26(18)11-15/h4-6,9,15-16H,7-8,10-12H2,1-3H3,(H2,21,22,23). The molecule has 3 rings (SSSR count). The Balaban J connectivity index is 1.55. The van der Waals surface area contributed by atoms with Crippen LogP contribution in [0, 0.1) is 0 Å². The Hall–Kier alpha value is -2.16. The van der Waals surface area contributed by atoms with Crippen molar-refractivity contribution in [3.05, 3.63) is 46.5 Å². The zero-order valence-corrected chi connectivity index (χ0v) is 17.2. The number of ether oxygens (including phenoxy) is 2. The molecule has 8 nitrogen and oxygen atoms in total. The summed E-state index contributed by atoms with van der Waals surface area (Å²) in [7, 11) is 5.10. The minimum absolute atomic E-state index is 0.123. The lowest BCUT2D eigenvalue weighted by molar-refractivity contribution is 0.106. The molecule has 0 saturated heterocycles. The lowest BCUT2D eigenvalue weighted by Crippen LogP contribution is -2.48. The predicted octanol–water partition coefficient (Wildman–Crippen LogP) is 1.95. The van der Waals surface area contributed by atoms with Crippen LogP contribution in [0.5, 0.6) is 0 Å². The minimum atomic E-state index is -0.123. The van der Waals surface area contributed by atoms with E-state index in [1.165, 1.54) is 0 Å². The Morgan fingerprint density at radius 3 is 3.00 bits per heavy atom. The van der Waals surface area contributed by atoms with E-state index in [0.717, 1.165) is 42.6 Å². The molecule has 1 aromatic carbocycles. The highest BCUT2D eigenvalue weighted by Gasteiger charge is 2.22. The maximum absolute atomic E-state index is 6.09. The van der Waals surface area contributed by atoms with Gasteiger partial charge in [0.15, 0.2) is 11.8 Å². The van der Waals surface area contributed by atoms with Gasteiger partial charge in [0.2, 0.25) is 0 Å². The second kappa shape index (κ2) is 9.86. The van der Waals surface area contributed by atoms with Gasteiger partial charge in [-0.05, 0) is 24.1 Å². The quantitative estimate of drug-likeness (QED) is 0.540. The number of guanidine groups is 1. The highest BCUT2D eigenvalue weighted by atomic mass is 35.5. The molecule has 2 unspecified atom stereocenters. The Labute approximate surface area is 170 Å². The van der Waals surface area contributed by atoms with Gasteiger partial charge in [0, 0.05) is 45.3 Å². The highest BCUT2D eigenvalue weighted by Crippen LogP contribution is 2.20. The molecule has 0 spiro atoms. The van der Waals surface area contributed by atoms with Crippen LogP contribution in [0.1, 0.15) is 29.7 Å². The summed E-state index contributed by atoms with van der Waals surface area (Å²) >= 11 is 6.09. The summed E-state index contributed by atoms with van der Waals surface area (Å²) in [6.45, 7) is 1.76. The van der Waals surface area contributed by atoms with E-state index in [1.54, 1.807) is 21.3 Å². The SMILES string of the molecule is CN=C(NCC(OC)c1cccc(Cl)c1)NC1CCc2nc(COC)nn2C1. The molecule has 2 heterocycles. The summed E-state index contributed by atoms with van der Waals surface area (Å²) in [4.78, 5) is 8.85. The molecule has 0 saturated carbocycles. The zero-order chi connectivity index (χ0) is 19.9. The maximum Gasteiger partial charge on any atom is 0.191 e. The maximum atomic E-state index is 6.09. The van der Waals surface area contributed by atoms with Crippen molar-refractivity contribution in [2.24, 2.45) is 4.99 Å². The third kappa shape index (κ3) is 5.21. The molecule has 1 aliphatic rings. The van der Waals surface area contributed by atoms with Gasteiger partial charge < -0.3 is 20.1 Å². The van der Waals surface area contributed by atoms with Gasteiger partial charge in [-0.15, -0.1) is 0 Å². The van der Waals surface area contributed by atoms with Crippen molar-refractivity contribution in [1.29, 1.82) is 0 Å². The molecule has 2 N–H and O–H groups in total. The summed E-state index contributed by atoms with van der Waals surface area (Å²) in [5.74, 6) is 2.47. The van der Waals surface area contributed by atoms with E-state index >= 15 is 0 Å². The van der Waals surface area contributed by atoms with Crippen molar-refractivity contribution in [2.45, 2.75) is 38.1 Å². The normalized spacial score (nSPS) is 17.9. The molecule has 152 valence electrons. The first-order chi connectivity index (χ1) is 13.6. The minimum Gasteiger partial charge on any atom is -0.377 e. The van der Waals surface area contributed by atoms with Crippen molar-refractivity contribution in [2.75, 3.05) is 27.8 Å². The fourth-order valence-corrected chi connectivity index (χ4v) is 3.49. The van der Waals surface area contributed by atoms with Crippen LogP contribution >= 0.6 is 11.6 Å². The number of nitrogens with zero attached hydrogens (tertiary/aromatic N) is 4. The van der Waals surface area contributed by atoms with Crippen LogP contribution in [-0.2, 0) is 29.0 Å². The molecule has 9 heteroatoms. The first-order valence-corrected chi connectivity index (χ1v) is 9.67. The molecule has 0 fully saturated rings. The van der Waals surface area contributed by atoms with E-state index in [2.05, 4.69) is 25.7 Å². The van der Waals surface area contributed by atoms with Crippen LogP contribution < -0.4 is 10.6 Å². The molecule has 0 aliphatic carbocycles. The van der Waals surface area contributed by atoms with Crippen LogP contribution in [0.25, 0.3) is 0 Å². The van der Waals surface area contributed by atoms with Gasteiger partial charge in [-0.2, -0.15) is 5.10 Å². The third-order valence-electron chi connectivity index (χ3n) is 4.70. The van der Waals surface area contributed by atoms with Gasteiger partial charge >= 0.3 is 0 Å². The molecule has 2 aromatic rings. The first kappa shape index (κ1) is 20.6. The van der Waals surface area contributed by atoms with Crippen molar-refractivity contribution in [3.63, 3.8) is 0 Å². The molecule has 0 radical (unpaired) electrons. The predicted molar refractivity (Wildman–Crippen MR) is 109 cm³/mol. The smallest absolute Gasteiger partial charge is 0.191 e. The summed E-state index contributed by atoms with van der Waals surface area (Å²) in [6, 6.07) is 7.92. The molecular formula is C19H27ClN6O2. The first-order valence-electron chi connectivity index (χ1n) is 9.30.